The van der Waals surface area contributed by atoms with E-state index >= 15 is 0 Å². The Labute approximate surface area is 102 Å². The second kappa shape index (κ2) is 9.18. The van der Waals surface area contributed by atoms with Crippen molar-refractivity contribution in [2.24, 2.45) is 5.73 Å². The average Bonchev–Trinajstić information content (AvgIpc) is 2.15. The highest BCUT2D eigenvalue weighted by Crippen LogP contribution is 1.99. The van der Waals surface area contributed by atoms with E-state index in [-0.39, 0.29) is 24.8 Å². The number of nitrogens with two attached hydrogens (primary N) is 1. The first-order chi connectivity index (χ1) is 6.20. The van der Waals surface area contributed by atoms with E-state index in [1.165, 1.54) is 0 Å². The number of rotatable bonds is 4. The summed E-state index contributed by atoms with van der Waals surface area (Å²) in [5, 5.41) is 8.54. The standard InChI is InChI=1S/C8H16N2O3.2ClH/c9-7(8(11)12)1-2-10-3-5-13-6-4-10;;/h7H,1-6,9H2,(H,11,12);2*1H. The van der Waals surface area contributed by atoms with Crippen LogP contribution in [-0.2, 0) is 9.53 Å². The maximum absolute atomic E-state index is 10.4. The third-order valence-electron chi connectivity index (χ3n) is 2.18. The molecule has 7 heteroatoms. The van der Waals surface area contributed by atoms with Crippen LogP contribution in [0.2, 0.25) is 0 Å². The topological polar surface area (TPSA) is 75.8 Å². The minimum atomic E-state index is -0.923. The van der Waals surface area contributed by atoms with Crippen LogP contribution in [-0.4, -0.2) is 54.9 Å². The van der Waals surface area contributed by atoms with Crippen LogP contribution in [0, 0.1) is 0 Å². The Morgan fingerprint density at radius 1 is 1.40 bits per heavy atom. The molecule has 5 nitrogen and oxygen atoms in total. The summed E-state index contributed by atoms with van der Waals surface area (Å²) in [6.45, 7) is 3.99. The van der Waals surface area contributed by atoms with Gasteiger partial charge in [0.2, 0.25) is 0 Å². The van der Waals surface area contributed by atoms with E-state index in [2.05, 4.69) is 4.90 Å². The first kappa shape index (κ1) is 17.3. The van der Waals surface area contributed by atoms with E-state index in [1.807, 2.05) is 0 Å². The molecule has 1 fully saturated rings. The number of morpholine rings is 1. The van der Waals surface area contributed by atoms with Gasteiger partial charge < -0.3 is 15.6 Å². The highest BCUT2D eigenvalue weighted by Gasteiger charge is 2.15. The summed E-state index contributed by atoms with van der Waals surface area (Å²) in [5.41, 5.74) is 5.38. The van der Waals surface area contributed by atoms with Gasteiger partial charge in [0.15, 0.2) is 0 Å². The fraction of sp³-hybridized carbons (Fsp3) is 0.875. The van der Waals surface area contributed by atoms with Gasteiger partial charge in [-0.15, -0.1) is 24.8 Å². The van der Waals surface area contributed by atoms with Crippen molar-refractivity contribution in [2.45, 2.75) is 12.5 Å². The molecule has 0 aliphatic carbocycles. The molecular weight excluding hydrogens is 243 g/mol. The molecule has 0 saturated carbocycles. The van der Waals surface area contributed by atoms with Crippen LogP contribution in [0.15, 0.2) is 0 Å². The molecule has 1 unspecified atom stereocenters. The van der Waals surface area contributed by atoms with Gasteiger partial charge in [0.1, 0.15) is 6.04 Å². The smallest absolute Gasteiger partial charge is 0.320 e. The summed E-state index contributed by atoms with van der Waals surface area (Å²) >= 11 is 0. The van der Waals surface area contributed by atoms with E-state index in [4.69, 9.17) is 15.6 Å². The predicted molar refractivity (Wildman–Crippen MR) is 62.0 cm³/mol. The Morgan fingerprint density at radius 3 is 2.40 bits per heavy atom. The van der Waals surface area contributed by atoms with Crippen molar-refractivity contribution in [3.63, 3.8) is 0 Å². The number of ether oxygens (including phenoxy) is 1. The molecule has 0 spiro atoms. The zero-order chi connectivity index (χ0) is 9.68. The lowest BCUT2D eigenvalue weighted by atomic mass is 10.2. The van der Waals surface area contributed by atoms with Crippen LogP contribution in [0.3, 0.4) is 0 Å². The molecule has 1 aliphatic heterocycles. The number of nitrogens with zero attached hydrogens (tertiary/aromatic N) is 1. The fourth-order valence-electron chi connectivity index (χ4n) is 1.27. The van der Waals surface area contributed by atoms with E-state index in [0.29, 0.717) is 6.42 Å². The van der Waals surface area contributed by atoms with E-state index in [9.17, 15) is 4.79 Å². The van der Waals surface area contributed by atoms with Gasteiger partial charge in [0, 0.05) is 19.6 Å². The van der Waals surface area contributed by atoms with E-state index in [0.717, 1.165) is 32.8 Å². The maximum atomic E-state index is 10.4. The first-order valence-corrected chi connectivity index (χ1v) is 4.48. The lowest BCUT2D eigenvalue weighted by molar-refractivity contribution is -0.138. The number of aliphatic carboxylic acids is 1. The van der Waals surface area contributed by atoms with Crippen molar-refractivity contribution in [2.75, 3.05) is 32.8 Å². The lowest BCUT2D eigenvalue weighted by Gasteiger charge is -2.26. The van der Waals surface area contributed by atoms with Crippen LogP contribution >= 0.6 is 24.8 Å². The molecule has 1 atom stereocenters. The summed E-state index contributed by atoms with van der Waals surface area (Å²) in [4.78, 5) is 12.6. The second-order valence-corrected chi connectivity index (χ2v) is 3.19. The van der Waals surface area contributed by atoms with Crippen molar-refractivity contribution in [3.05, 3.63) is 0 Å². The predicted octanol–water partition coefficient (Wildman–Crippen LogP) is -0.0358. The Kier molecular flexibility index (Phi) is 10.6. The summed E-state index contributed by atoms with van der Waals surface area (Å²) < 4.78 is 5.16. The van der Waals surface area contributed by atoms with Crippen molar-refractivity contribution < 1.29 is 14.6 Å². The molecule has 0 aromatic heterocycles. The van der Waals surface area contributed by atoms with Crippen molar-refractivity contribution in [3.8, 4) is 0 Å². The third kappa shape index (κ3) is 6.92. The molecule has 3 N–H and O–H groups in total. The van der Waals surface area contributed by atoms with Crippen LogP contribution < -0.4 is 5.73 Å². The second-order valence-electron chi connectivity index (χ2n) is 3.19. The summed E-state index contributed by atoms with van der Waals surface area (Å²) in [6.07, 6.45) is 0.509. The number of halogens is 2. The van der Waals surface area contributed by atoms with Crippen LogP contribution in [0.4, 0.5) is 0 Å². The third-order valence-corrected chi connectivity index (χ3v) is 2.18. The van der Waals surface area contributed by atoms with E-state index < -0.39 is 12.0 Å². The van der Waals surface area contributed by atoms with Crippen molar-refractivity contribution in [1.82, 2.24) is 4.90 Å². The number of carboxylic acid groups (broad SMARTS) is 1. The SMILES string of the molecule is Cl.Cl.NC(CCN1CCOCC1)C(=O)O. The molecule has 1 rings (SSSR count). The normalized spacial score (nSPS) is 18.5. The molecule has 0 amide bonds. The van der Waals surface area contributed by atoms with Gasteiger partial charge in [0.25, 0.3) is 0 Å². The summed E-state index contributed by atoms with van der Waals surface area (Å²) in [6, 6.07) is -0.733. The molecule has 0 aromatic rings. The monoisotopic (exact) mass is 260 g/mol. The van der Waals surface area contributed by atoms with Crippen LogP contribution in [0.1, 0.15) is 6.42 Å². The number of carbonyl (C=O) groups is 1. The zero-order valence-corrected chi connectivity index (χ0v) is 10.1. The van der Waals surface area contributed by atoms with E-state index in [1.54, 1.807) is 0 Å². The maximum Gasteiger partial charge on any atom is 0.320 e. The van der Waals surface area contributed by atoms with Gasteiger partial charge in [-0.05, 0) is 6.42 Å². The van der Waals surface area contributed by atoms with Gasteiger partial charge >= 0.3 is 5.97 Å². The molecular formula is C8H18Cl2N2O3. The molecule has 92 valence electrons. The Balaban J connectivity index is 0. The molecule has 0 radical (unpaired) electrons. The van der Waals surface area contributed by atoms with Gasteiger partial charge in [-0.1, -0.05) is 0 Å². The minimum Gasteiger partial charge on any atom is -0.480 e. The highest BCUT2D eigenvalue weighted by molar-refractivity contribution is 5.85. The van der Waals surface area contributed by atoms with Crippen LogP contribution in [0.5, 0.6) is 0 Å². The molecule has 15 heavy (non-hydrogen) atoms. The van der Waals surface area contributed by atoms with Crippen molar-refractivity contribution >= 4 is 30.8 Å². The Morgan fingerprint density at radius 2 is 1.93 bits per heavy atom. The Bertz CT molecular complexity index is 177. The fourth-order valence-corrected chi connectivity index (χ4v) is 1.27. The molecule has 1 heterocycles. The van der Waals surface area contributed by atoms with Gasteiger partial charge in [-0.25, -0.2) is 0 Å². The Hall–Kier alpha value is -0.0700. The largest absolute Gasteiger partial charge is 0.480 e. The summed E-state index contributed by atoms with van der Waals surface area (Å²) in [7, 11) is 0. The quantitative estimate of drug-likeness (QED) is 0.743. The minimum absolute atomic E-state index is 0. The molecule has 0 aromatic carbocycles. The number of hydrogen-bond acceptors (Lipinski definition) is 4. The van der Waals surface area contributed by atoms with Gasteiger partial charge in [-0.2, -0.15) is 0 Å². The number of carboxylic acids is 1. The molecule has 0 bridgehead atoms. The lowest BCUT2D eigenvalue weighted by Crippen LogP contribution is -2.40. The molecule has 1 aliphatic rings. The first-order valence-electron chi connectivity index (χ1n) is 4.48. The van der Waals surface area contributed by atoms with Gasteiger partial charge in [0.05, 0.1) is 13.2 Å². The number of hydrogen-bond donors (Lipinski definition) is 2. The molecule has 1 saturated heterocycles. The van der Waals surface area contributed by atoms with Crippen molar-refractivity contribution in [1.29, 1.82) is 0 Å². The van der Waals surface area contributed by atoms with Crippen LogP contribution in [0.25, 0.3) is 0 Å². The zero-order valence-electron chi connectivity index (χ0n) is 8.42. The summed E-state index contributed by atoms with van der Waals surface area (Å²) in [5.74, 6) is -0.923. The average molecular weight is 261 g/mol. The highest BCUT2D eigenvalue weighted by atomic mass is 35.5. The van der Waals surface area contributed by atoms with Gasteiger partial charge in [-0.3, -0.25) is 9.69 Å².